The van der Waals surface area contributed by atoms with Crippen molar-refractivity contribution in [2.24, 2.45) is 23.7 Å². The lowest BCUT2D eigenvalue weighted by atomic mass is 9.62. The zero-order valence-electron chi connectivity index (χ0n) is 15.2. The van der Waals surface area contributed by atoms with E-state index in [1.54, 1.807) is 13.0 Å². The number of nitrogens with one attached hydrogen (secondary N) is 1. The van der Waals surface area contributed by atoms with Crippen LogP contribution in [0.5, 0.6) is 0 Å². The average molecular weight is 333 g/mol. The summed E-state index contributed by atoms with van der Waals surface area (Å²) in [6, 6.07) is -0.259. The molecule has 1 saturated heterocycles. The van der Waals surface area contributed by atoms with Crippen LogP contribution >= 0.6 is 0 Å². The molecule has 3 fully saturated rings. The molecule has 0 radical (unpaired) electrons. The van der Waals surface area contributed by atoms with Crippen LogP contribution in [0.2, 0.25) is 0 Å². The van der Waals surface area contributed by atoms with Gasteiger partial charge in [-0.2, -0.15) is 0 Å². The molecule has 3 rings (SSSR count). The molecule has 1 heterocycles. The SMILES string of the molecule is C/C=C1/C(=O)OCC1NC=O.C=C1CCC2C(CCC(C)C2C)C1. The molecule has 5 atom stereocenters. The normalized spacial score (nSPS) is 37.1. The van der Waals surface area contributed by atoms with Gasteiger partial charge in [-0.15, -0.1) is 0 Å². The van der Waals surface area contributed by atoms with Crippen molar-refractivity contribution < 1.29 is 14.3 Å². The van der Waals surface area contributed by atoms with Gasteiger partial charge in [-0.1, -0.05) is 38.5 Å². The van der Waals surface area contributed by atoms with Crippen molar-refractivity contribution in [1.82, 2.24) is 5.32 Å². The van der Waals surface area contributed by atoms with Gasteiger partial charge in [0.05, 0.1) is 11.6 Å². The monoisotopic (exact) mass is 333 g/mol. The molecule has 24 heavy (non-hydrogen) atoms. The summed E-state index contributed by atoms with van der Waals surface area (Å²) in [5.74, 6) is 3.60. The maximum Gasteiger partial charge on any atom is 0.335 e. The summed E-state index contributed by atoms with van der Waals surface area (Å²) in [5.41, 5.74) is 2.04. The van der Waals surface area contributed by atoms with Crippen molar-refractivity contribution in [3.05, 3.63) is 23.8 Å². The number of rotatable bonds is 2. The van der Waals surface area contributed by atoms with E-state index in [2.05, 4.69) is 25.7 Å². The van der Waals surface area contributed by atoms with Gasteiger partial charge in [0.2, 0.25) is 6.41 Å². The maximum atomic E-state index is 10.8. The van der Waals surface area contributed by atoms with E-state index in [1.165, 1.54) is 37.7 Å². The molecule has 3 aliphatic rings. The predicted molar refractivity (Wildman–Crippen MR) is 95.2 cm³/mol. The van der Waals surface area contributed by atoms with Gasteiger partial charge in [-0.3, -0.25) is 4.79 Å². The van der Waals surface area contributed by atoms with E-state index >= 15 is 0 Å². The number of cyclic esters (lactones) is 1. The number of carbonyl (C=O) groups is 2. The minimum atomic E-state index is -0.341. The second-order valence-corrected chi connectivity index (χ2v) is 7.51. The van der Waals surface area contributed by atoms with Crippen LogP contribution in [0.3, 0.4) is 0 Å². The summed E-state index contributed by atoms with van der Waals surface area (Å²) >= 11 is 0. The Bertz CT molecular complexity index is 511. The fourth-order valence-electron chi connectivity index (χ4n) is 4.41. The highest BCUT2D eigenvalue weighted by Crippen LogP contribution is 2.46. The van der Waals surface area contributed by atoms with E-state index in [4.69, 9.17) is 4.74 Å². The lowest BCUT2D eigenvalue weighted by Crippen LogP contribution is -2.34. The van der Waals surface area contributed by atoms with Crippen molar-refractivity contribution in [3.8, 4) is 0 Å². The minimum Gasteiger partial charge on any atom is -0.460 e. The van der Waals surface area contributed by atoms with E-state index in [1.807, 2.05) is 0 Å². The second-order valence-electron chi connectivity index (χ2n) is 7.51. The largest absolute Gasteiger partial charge is 0.460 e. The molecule has 1 aliphatic heterocycles. The molecule has 0 aromatic heterocycles. The minimum absolute atomic E-state index is 0.247. The Labute approximate surface area is 145 Å². The third-order valence-electron chi connectivity index (χ3n) is 6.13. The fourth-order valence-corrected chi connectivity index (χ4v) is 4.41. The van der Waals surface area contributed by atoms with Crippen molar-refractivity contribution in [2.45, 2.75) is 58.9 Å². The van der Waals surface area contributed by atoms with Gasteiger partial charge in [0.15, 0.2) is 0 Å². The van der Waals surface area contributed by atoms with Crippen LogP contribution in [0.25, 0.3) is 0 Å². The van der Waals surface area contributed by atoms with Crippen LogP contribution < -0.4 is 5.32 Å². The highest BCUT2D eigenvalue weighted by molar-refractivity contribution is 5.92. The van der Waals surface area contributed by atoms with Crippen molar-refractivity contribution >= 4 is 12.4 Å². The molecule has 5 unspecified atom stereocenters. The van der Waals surface area contributed by atoms with Crippen LogP contribution in [0.4, 0.5) is 0 Å². The van der Waals surface area contributed by atoms with Gasteiger partial charge in [0, 0.05) is 0 Å². The standard InChI is InChI=1S/C13H22.C7H9NO3/c1-9-4-7-13-11(3)10(2)5-6-12(13)8-9;1-2-5-6(8-4-9)3-11-7(5)10/h10-13H,1,4-8H2,2-3H3;2,4,6H,3H2,1H3,(H,8,9)/b;5-2+. The zero-order valence-corrected chi connectivity index (χ0v) is 15.2. The van der Waals surface area contributed by atoms with Gasteiger partial charge < -0.3 is 10.1 Å². The van der Waals surface area contributed by atoms with Crippen LogP contribution in [-0.2, 0) is 14.3 Å². The molecule has 0 spiro atoms. The topological polar surface area (TPSA) is 55.4 Å². The Balaban J connectivity index is 0.000000177. The molecule has 1 amide bonds. The van der Waals surface area contributed by atoms with Crippen LogP contribution in [-0.4, -0.2) is 25.0 Å². The first kappa shape index (κ1) is 18.8. The quantitative estimate of drug-likeness (QED) is 0.363. The van der Waals surface area contributed by atoms with Gasteiger partial charge in [0.25, 0.3) is 0 Å². The molecule has 0 bridgehead atoms. The smallest absolute Gasteiger partial charge is 0.335 e. The second kappa shape index (κ2) is 8.50. The van der Waals surface area contributed by atoms with E-state index < -0.39 is 0 Å². The van der Waals surface area contributed by atoms with E-state index in [0.717, 1.165) is 23.7 Å². The summed E-state index contributed by atoms with van der Waals surface area (Å²) in [4.78, 5) is 20.9. The highest BCUT2D eigenvalue weighted by Gasteiger charge is 2.36. The van der Waals surface area contributed by atoms with Crippen molar-refractivity contribution in [1.29, 1.82) is 0 Å². The molecule has 1 N–H and O–H groups in total. The molecule has 0 aromatic carbocycles. The average Bonchev–Trinajstić information content (AvgIpc) is 2.92. The predicted octanol–water partition coefficient (Wildman–Crippen LogP) is 3.63. The summed E-state index contributed by atoms with van der Waals surface area (Å²) in [7, 11) is 0. The van der Waals surface area contributed by atoms with Crippen molar-refractivity contribution in [2.75, 3.05) is 6.61 Å². The Hall–Kier alpha value is -1.58. The molecule has 2 aliphatic carbocycles. The first-order valence-corrected chi connectivity index (χ1v) is 9.17. The van der Waals surface area contributed by atoms with Gasteiger partial charge in [-0.05, 0) is 56.3 Å². The summed E-state index contributed by atoms with van der Waals surface area (Å²) < 4.78 is 4.69. The Morgan fingerprint density at radius 3 is 2.67 bits per heavy atom. The molecule has 4 nitrogen and oxygen atoms in total. The lowest BCUT2D eigenvalue weighted by molar-refractivity contribution is -0.135. The number of carbonyl (C=O) groups excluding carboxylic acids is 2. The first-order valence-electron chi connectivity index (χ1n) is 9.17. The number of allylic oxidation sites excluding steroid dienone is 2. The van der Waals surface area contributed by atoms with Gasteiger partial charge >= 0.3 is 5.97 Å². The number of ether oxygens (including phenoxy) is 1. The number of fused-ring (bicyclic) bond motifs is 1. The Morgan fingerprint density at radius 2 is 2.00 bits per heavy atom. The van der Waals surface area contributed by atoms with E-state index in [0.29, 0.717) is 12.0 Å². The number of amides is 1. The van der Waals surface area contributed by atoms with E-state index in [9.17, 15) is 9.59 Å². The molecule has 0 aromatic rings. The zero-order chi connectivity index (χ0) is 17.7. The van der Waals surface area contributed by atoms with Crippen LogP contribution in [0.1, 0.15) is 52.9 Å². The molecule has 2 saturated carbocycles. The molecule has 134 valence electrons. The summed E-state index contributed by atoms with van der Waals surface area (Å²) in [6.07, 6.45) is 9.20. The first-order chi connectivity index (χ1) is 11.5. The summed E-state index contributed by atoms with van der Waals surface area (Å²) in [5, 5.41) is 2.48. The fraction of sp³-hybridized carbons (Fsp3) is 0.700. The Morgan fingerprint density at radius 1 is 1.25 bits per heavy atom. The number of hydrogen-bond acceptors (Lipinski definition) is 3. The highest BCUT2D eigenvalue weighted by atomic mass is 16.5. The number of esters is 1. The third kappa shape index (κ3) is 4.28. The van der Waals surface area contributed by atoms with Crippen molar-refractivity contribution in [3.63, 3.8) is 0 Å². The summed E-state index contributed by atoms with van der Waals surface area (Å²) in [6.45, 7) is 11.0. The van der Waals surface area contributed by atoms with Gasteiger partial charge in [0.1, 0.15) is 6.61 Å². The lowest BCUT2D eigenvalue weighted by Gasteiger charge is -2.43. The Kier molecular flexibility index (Phi) is 6.64. The van der Waals surface area contributed by atoms with Crippen LogP contribution in [0.15, 0.2) is 23.8 Å². The van der Waals surface area contributed by atoms with Crippen LogP contribution in [0, 0.1) is 23.7 Å². The number of hydrogen-bond donors (Lipinski definition) is 1. The van der Waals surface area contributed by atoms with Gasteiger partial charge in [-0.25, -0.2) is 4.79 Å². The third-order valence-corrected chi connectivity index (χ3v) is 6.13. The molecular weight excluding hydrogens is 302 g/mol. The molecular formula is C20H31NO3. The maximum absolute atomic E-state index is 10.8. The molecule has 4 heteroatoms. The van der Waals surface area contributed by atoms with E-state index in [-0.39, 0.29) is 18.6 Å².